The van der Waals surface area contributed by atoms with E-state index in [9.17, 15) is 9.59 Å². The molecule has 0 aliphatic rings. The van der Waals surface area contributed by atoms with Gasteiger partial charge in [0.15, 0.2) is 11.5 Å². The van der Waals surface area contributed by atoms with Gasteiger partial charge in [0, 0.05) is 12.1 Å². The quantitative estimate of drug-likeness (QED) is 0.438. The van der Waals surface area contributed by atoms with Crippen LogP contribution in [0.15, 0.2) is 47.8 Å². The van der Waals surface area contributed by atoms with E-state index in [1.807, 2.05) is 12.3 Å². The van der Waals surface area contributed by atoms with E-state index in [4.69, 9.17) is 32.7 Å². The molecule has 3 aromatic rings. The monoisotopic (exact) mass is 478 g/mol. The zero-order valence-corrected chi connectivity index (χ0v) is 19.2. The number of hydrogen-bond donors (Lipinski definition) is 2. The van der Waals surface area contributed by atoms with Gasteiger partial charge < -0.3 is 20.1 Å². The van der Waals surface area contributed by atoms with E-state index in [2.05, 4.69) is 10.6 Å². The molecule has 9 heteroatoms. The Hall–Kier alpha value is -2.74. The van der Waals surface area contributed by atoms with Crippen LogP contribution < -0.4 is 20.1 Å². The summed E-state index contributed by atoms with van der Waals surface area (Å²) < 4.78 is 10.8. The number of carbonyl (C=O) groups is 2. The highest BCUT2D eigenvalue weighted by Gasteiger charge is 2.15. The molecule has 2 N–H and O–H groups in total. The predicted octanol–water partition coefficient (Wildman–Crippen LogP) is 5.64. The standard InChI is InChI=1S/C22H20Cl2N2O4S/c1-3-30-20-16(24)9-13(10-18(20)29-2)12-25-21(27)14-6-7-15(23)17(11-14)26-22(28)19-5-4-8-31-19/h4-11H,3,12H2,1-2H3,(H,25,27)(H,26,28). The smallest absolute Gasteiger partial charge is 0.265 e. The fourth-order valence-corrected chi connectivity index (χ4v) is 3.87. The molecular formula is C22H20Cl2N2O4S. The van der Waals surface area contributed by atoms with Gasteiger partial charge in [-0.2, -0.15) is 0 Å². The fraction of sp³-hybridized carbons (Fsp3) is 0.182. The Labute approximate surface area is 194 Å². The molecule has 3 rings (SSSR count). The number of anilines is 1. The van der Waals surface area contributed by atoms with Crippen LogP contribution in [-0.4, -0.2) is 25.5 Å². The summed E-state index contributed by atoms with van der Waals surface area (Å²) in [5.74, 6) is 0.340. The Bertz CT molecular complexity index is 1090. The van der Waals surface area contributed by atoms with Gasteiger partial charge in [0.05, 0.1) is 34.3 Å². The molecule has 162 valence electrons. The molecule has 1 heterocycles. The Kier molecular flexibility index (Phi) is 7.79. The van der Waals surface area contributed by atoms with Crippen LogP contribution in [0.3, 0.4) is 0 Å². The molecular weight excluding hydrogens is 459 g/mol. The SMILES string of the molecule is CCOc1c(Cl)cc(CNC(=O)c2ccc(Cl)c(NC(=O)c3cccs3)c2)cc1OC. The zero-order chi connectivity index (χ0) is 22.4. The van der Waals surface area contributed by atoms with E-state index in [0.29, 0.717) is 44.3 Å². The lowest BCUT2D eigenvalue weighted by Gasteiger charge is -2.14. The van der Waals surface area contributed by atoms with E-state index in [0.717, 1.165) is 5.56 Å². The number of ether oxygens (including phenoxy) is 2. The highest BCUT2D eigenvalue weighted by molar-refractivity contribution is 7.12. The lowest BCUT2D eigenvalue weighted by molar-refractivity contribution is 0.0949. The molecule has 0 saturated carbocycles. The van der Waals surface area contributed by atoms with E-state index >= 15 is 0 Å². The van der Waals surface area contributed by atoms with Gasteiger partial charge in [0.25, 0.3) is 11.8 Å². The number of hydrogen-bond acceptors (Lipinski definition) is 5. The van der Waals surface area contributed by atoms with Gasteiger partial charge in [-0.1, -0.05) is 29.3 Å². The second-order valence-corrected chi connectivity index (χ2v) is 8.11. The van der Waals surface area contributed by atoms with Crippen LogP contribution in [0.4, 0.5) is 5.69 Å². The second-order valence-electron chi connectivity index (χ2n) is 6.35. The van der Waals surface area contributed by atoms with E-state index in [1.165, 1.54) is 24.5 Å². The molecule has 31 heavy (non-hydrogen) atoms. The van der Waals surface area contributed by atoms with Gasteiger partial charge in [-0.05, 0) is 54.3 Å². The van der Waals surface area contributed by atoms with Crippen molar-refractivity contribution in [3.63, 3.8) is 0 Å². The summed E-state index contributed by atoms with van der Waals surface area (Å²) in [5, 5.41) is 8.10. The van der Waals surface area contributed by atoms with Crippen molar-refractivity contribution in [3.8, 4) is 11.5 Å². The number of thiophene rings is 1. The summed E-state index contributed by atoms with van der Waals surface area (Å²) in [6.07, 6.45) is 0. The minimum atomic E-state index is -0.327. The van der Waals surface area contributed by atoms with E-state index in [1.54, 1.807) is 36.4 Å². The molecule has 0 aliphatic heterocycles. The number of halogens is 2. The third-order valence-corrected chi connectivity index (χ3v) is 5.73. The van der Waals surface area contributed by atoms with Crippen molar-refractivity contribution in [3.05, 3.63) is 73.9 Å². The van der Waals surface area contributed by atoms with Crippen LogP contribution in [0.5, 0.6) is 11.5 Å². The first-order valence-corrected chi connectivity index (χ1v) is 11.0. The Morgan fingerprint density at radius 2 is 1.87 bits per heavy atom. The van der Waals surface area contributed by atoms with Crippen molar-refractivity contribution in [2.24, 2.45) is 0 Å². The van der Waals surface area contributed by atoms with Crippen LogP contribution in [0.2, 0.25) is 10.0 Å². The predicted molar refractivity (Wildman–Crippen MR) is 124 cm³/mol. The van der Waals surface area contributed by atoms with Crippen molar-refractivity contribution in [2.45, 2.75) is 13.5 Å². The van der Waals surface area contributed by atoms with Crippen molar-refractivity contribution in [1.29, 1.82) is 0 Å². The molecule has 6 nitrogen and oxygen atoms in total. The molecule has 1 aromatic heterocycles. The van der Waals surface area contributed by atoms with Crippen molar-refractivity contribution in [2.75, 3.05) is 19.0 Å². The van der Waals surface area contributed by atoms with E-state index < -0.39 is 0 Å². The summed E-state index contributed by atoms with van der Waals surface area (Å²) in [7, 11) is 1.52. The van der Waals surface area contributed by atoms with Gasteiger partial charge >= 0.3 is 0 Å². The molecule has 0 atom stereocenters. The Balaban J connectivity index is 1.71. The average molecular weight is 479 g/mol. The second kappa shape index (κ2) is 10.5. The first-order valence-electron chi connectivity index (χ1n) is 9.34. The highest BCUT2D eigenvalue weighted by atomic mass is 35.5. The lowest BCUT2D eigenvalue weighted by atomic mass is 10.1. The number of methoxy groups -OCH3 is 1. The van der Waals surface area contributed by atoms with Gasteiger partial charge in [0.1, 0.15) is 0 Å². The number of amides is 2. The van der Waals surface area contributed by atoms with Crippen molar-refractivity contribution >= 4 is 52.0 Å². The van der Waals surface area contributed by atoms with Gasteiger partial charge in [0.2, 0.25) is 0 Å². The van der Waals surface area contributed by atoms with Crippen molar-refractivity contribution < 1.29 is 19.1 Å². The number of benzene rings is 2. The van der Waals surface area contributed by atoms with Gasteiger partial charge in [-0.25, -0.2) is 0 Å². The van der Waals surface area contributed by atoms with Crippen LogP contribution in [0.25, 0.3) is 0 Å². The highest BCUT2D eigenvalue weighted by Crippen LogP contribution is 2.36. The van der Waals surface area contributed by atoms with E-state index in [-0.39, 0.29) is 18.4 Å². The lowest BCUT2D eigenvalue weighted by Crippen LogP contribution is -2.23. The minimum absolute atomic E-state index is 0.223. The Morgan fingerprint density at radius 3 is 2.55 bits per heavy atom. The summed E-state index contributed by atoms with van der Waals surface area (Å²) >= 11 is 13.8. The molecule has 0 saturated heterocycles. The Morgan fingerprint density at radius 1 is 1.06 bits per heavy atom. The van der Waals surface area contributed by atoms with Crippen LogP contribution in [0.1, 0.15) is 32.5 Å². The third kappa shape index (κ3) is 5.70. The van der Waals surface area contributed by atoms with Crippen LogP contribution >= 0.6 is 34.5 Å². The summed E-state index contributed by atoms with van der Waals surface area (Å²) in [6.45, 7) is 2.53. The summed E-state index contributed by atoms with van der Waals surface area (Å²) in [6, 6.07) is 11.7. The van der Waals surface area contributed by atoms with Gasteiger partial charge in [-0.3, -0.25) is 9.59 Å². The topological polar surface area (TPSA) is 76.7 Å². The largest absolute Gasteiger partial charge is 0.493 e. The first kappa shape index (κ1) is 22.9. The maximum absolute atomic E-state index is 12.7. The minimum Gasteiger partial charge on any atom is -0.493 e. The van der Waals surface area contributed by atoms with Crippen molar-refractivity contribution in [1.82, 2.24) is 5.32 Å². The van der Waals surface area contributed by atoms with Crippen LogP contribution in [0, 0.1) is 0 Å². The molecule has 0 spiro atoms. The molecule has 0 radical (unpaired) electrons. The molecule has 0 unspecified atom stereocenters. The van der Waals surface area contributed by atoms with Gasteiger partial charge in [-0.15, -0.1) is 11.3 Å². The molecule has 2 aromatic carbocycles. The average Bonchev–Trinajstić information content (AvgIpc) is 3.30. The molecule has 2 amide bonds. The normalized spacial score (nSPS) is 10.5. The number of carbonyl (C=O) groups excluding carboxylic acids is 2. The fourth-order valence-electron chi connectivity index (χ4n) is 2.80. The van der Waals surface area contributed by atoms with Crippen LogP contribution in [-0.2, 0) is 6.54 Å². The zero-order valence-electron chi connectivity index (χ0n) is 16.8. The summed E-state index contributed by atoms with van der Waals surface area (Å²) in [4.78, 5) is 25.5. The molecule has 0 fully saturated rings. The molecule has 0 bridgehead atoms. The maximum Gasteiger partial charge on any atom is 0.265 e. The first-order chi connectivity index (χ1) is 14.9. The summed E-state index contributed by atoms with van der Waals surface area (Å²) in [5.41, 5.74) is 1.47. The number of rotatable bonds is 8. The maximum atomic E-state index is 12.7. The third-order valence-electron chi connectivity index (χ3n) is 4.25. The number of nitrogens with one attached hydrogen (secondary N) is 2. The molecule has 0 aliphatic carbocycles.